The van der Waals surface area contributed by atoms with Crippen molar-refractivity contribution >= 4 is 23.5 Å². The number of hydrogen-bond donors (Lipinski definition) is 2. The van der Waals surface area contributed by atoms with Gasteiger partial charge in [0.05, 0.1) is 12.5 Å². The number of rotatable bonds is 4. The van der Waals surface area contributed by atoms with Crippen LogP contribution in [0, 0.1) is 12.8 Å². The van der Waals surface area contributed by atoms with Crippen LogP contribution in [-0.2, 0) is 22.6 Å². The lowest BCUT2D eigenvalue weighted by molar-refractivity contribution is -0.126. The fraction of sp³-hybridized carbons (Fsp3) is 0.375. The summed E-state index contributed by atoms with van der Waals surface area (Å²) in [5.41, 5.74) is 1.87. The number of benzene rings is 1. The third-order valence-electron chi connectivity index (χ3n) is 3.88. The molecular formula is C16H19N5O2. The number of aryl methyl sites for hydroxylation is 2. The summed E-state index contributed by atoms with van der Waals surface area (Å²) in [5.74, 6) is 0.232. The molecule has 0 bridgehead atoms. The van der Waals surface area contributed by atoms with Gasteiger partial charge in [-0.1, -0.05) is 25.1 Å². The zero-order valence-corrected chi connectivity index (χ0v) is 13.2. The molecule has 0 radical (unpaired) electrons. The molecule has 2 N–H and O–H groups in total. The van der Waals surface area contributed by atoms with E-state index >= 15 is 0 Å². The Labute approximate surface area is 134 Å². The van der Waals surface area contributed by atoms with Crippen molar-refractivity contribution in [1.82, 2.24) is 14.8 Å². The minimum atomic E-state index is -0.447. The maximum Gasteiger partial charge on any atom is 0.232 e. The van der Waals surface area contributed by atoms with Crippen molar-refractivity contribution in [2.45, 2.75) is 33.2 Å². The minimum absolute atomic E-state index is 0.113. The summed E-state index contributed by atoms with van der Waals surface area (Å²) < 4.78 is 1.63. The van der Waals surface area contributed by atoms with Gasteiger partial charge in [-0.05, 0) is 25.0 Å². The predicted molar refractivity (Wildman–Crippen MR) is 85.9 cm³/mol. The van der Waals surface area contributed by atoms with Crippen LogP contribution in [0.15, 0.2) is 24.3 Å². The third kappa shape index (κ3) is 3.23. The normalized spacial score (nSPS) is 16.6. The van der Waals surface area contributed by atoms with E-state index in [1.807, 2.05) is 31.2 Å². The van der Waals surface area contributed by atoms with Gasteiger partial charge in [-0.25, -0.2) is 4.68 Å². The second kappa shape index (κ2) is 6.20. The number of carbonyl (C=O) groups excluding carboxylic acids is 2. The summed E-state index contributed by atoms with van der Waals surface area (Å²) in [6.07, 6.45) is 0.949. The van der Waals surface area contributed by atoms with Gasteiger partial charge in [0.2, 0.25) is 17.8 Å². The highest BCUT2D eigenvalue weighted by atomic mass is 16.2. The van der Waals surface area contributed by atoms with Gasteiger partial charge in [0.25, 0.3) is 0 Å². The molecule has 0 saturated carbocycles. The second-order valence-electron chi connectivity index (χ2n) is 5.61. The van der Waals surface area contributed by atoms with E-state index in [0.717, 1.165) is 17.7 Å². The number of hydrogen-bond acceptors (Lipinski definition) is 4. The Bertz CT molecular complexity index is 753. The average Bonchev–Trinajstić information content (AvgIpc) is 2.87. The first-order chi connectivity index (χ1) is 11.1. The number of nitrogens with zero attached hydrogens (tertiary/aromatic N) is 3. The Hall–Kier alpha value is -2.70. The van der Waals surface area contributed by atoms with Crippen molar-refractivity contribution < 1.29 is 9.59 Å². The molecule has 1 atom stereocenters. The quantitative estimate of drug-likeness (QED) is 0.900. The molecule has 120 valence electrons. The zero-order valence-electron chi connectivity index (χ0n) is 13.2. The van der Waals surface area contributed by atoms with E-state index in [1.54, 1.807) is 11.6 Å². The molecule has 1 aliphatic rings. The summed E-state index contributed by atoms with van der Waals surface area (Å²) in [5, 5.41) is 9.80. The van der Waals surface area contributed by atoms with E-state index in [1.165, 1.54) is 0 Å². The fourth-order valence-corrected chi connectivity index (χ4v) is 2.71. The van der Waals surface area contributed by atoms with Crippen molar-refractivity contribution in [2.75, 3.05) is 10.6 Å². The number of nitrogens with one attached hydrogen (secondary N) is 2. The van der Waals surface area contributed by atoms with E-state index in [4.69, 9.17) is 0 Å². The Balaban J connectivity index is 1.67. The maximum absolute atomic E-state index is 12.3. The first kappa shape index (κ1) is 15.2. The first-order valence-corrected chi connectivity index (χ1v) is 7.67. The smallest absolute Gasteiger partial charge is 0.232 e. The van der Waals surface area contributed by atoms with E-state index in [2.05, 4.69) is 20.7 Å². The topological polar surface area (TPSA) is 88.9 Å². The van der Waals surface area contributed by atoms with Crippen molar-refractivity contribution in [3.8, 4) is 0 Å². The summed E-state index contributed by atoms with van der Waals surface area (Å²) >= 11 is 0. The Morgan fingerprint density at radius 1 is 1.43 bits per heavy atom. The van der Waals surface area contributed by atoms with E-state index in [9.17, 15) is 9.59 Å². The molecule has 0 aliphatic carbocycles. The molecule has 2 heterocycles. The van der Waals surface area contributed by atoms with Gasteiger partial charge >= 0.3 is 0 Å². The van der Waals surface area contributed by atoms with Gasteiger partial charge in [0.1, 0.15) is 5.82 Å². The lowest BCUT2D eigenvalue weighted by Gasteiger charge is -2.22. The average molecular weight is 313 g/mol. The van der Waals surface area contributed by atoms with Crippen LogP contribution in [0.1, 0.15) is 24.7 Å². The highest BCUT2D eigenvalue weighted by Crippen LogP contribution is 2.21. The predicted octanol–water partition coefficient (Wildman–Crippen LogP) is 1.75. The lowest BCUT2D eigenvalue weighted by atomic mass is 10.0. The van der Waals surface area contributed by atoms with Crippen molar-refractivity contribution in [2.24, 2.45) is 5.92 Å². The SMILES string of the molecule is CCc1ccccc1NC(=O)C[C@H]1Cn2nc(C)nc2NC1=O. The third-order valence-corrected chi connectivity index (χ3v) is 3.88. The van der Waals surface area contributed by atoms with E-state index in [0.29, 0.717) is 18.3 Å². The van der Waals surface area contributed by atoms with E-state index in [-0.39, 0.29) is 18.2 Å². The van der Waals surface area contributed by atoms with Gasteiger partial charge in [-0.2, -0.15) is 10.1 Å². The Morgan fingerprint density at radius 2 is 2.22 bits per heavy atom. The summed E-state index contributed by atoms with van der Waals surface area (Å²) in [6.45, 7) is 4.17. The summed E-state index contributed by atoms with van der Waals surface area (Å²) in [7, 11) is 0. The van der Waals surface area contributed by atoms with Crippen LogP contribution < -0.4 is 10.6 Å². The van der Waals surface area contributed by atoms with Crippen molar-refractivity contribution in [1.29, 1.82) is 0 Å². The molecule has 1 aliphatic heterocycles. The van der Waals surface area contributed by atoms with Gasteiger partial charge in [0.15, 0.2) is 0 Å². The molecule has 7 nitrogen and oxygen atoms in total. The molecule has 3 rings (SSSR count). The van der Waals surface area contributed by atoms with Crippen molar-refractivity contribution in [3.05, 3.63) is 35.7 Å². The van der Waals surface area contributed by atoms with Crippen LogP contribution >= 0.6 is 0 Å². The monoisotopic (exact) mass is 313 g/mol. The molecule has 2 aromatic rings. The van der Waals surface area contributed by atoms with Crippen LogP contribution in [0.25, 0.3) is 0 Å². The largest absolute Gasteiger partial charge is 0.326 e. The van der Waals surface area contributed by atoms with Gasteiger partial charge in [0, 0.05) is 12.1 Å². The molecule has 1 aromatic carbocycles. The Kier molecular flexibility index (Phi) is 4.10. The van der Waals surface area contributed by atoms with Crippen molar-refractivity contribution in [3.63, 3.8) is 0 Å². The molecule has 0 unspecified atom stereocenters. The molecule has 0 fully saturated rings. The van der Waals surface area contributed by atoms with Crippen LogP contribution in [0.2, 0.25) is 0 Å². The highest BCUT2D eigenvalue weighted by molar-refractivity contribution is 5.98. The standard InChI is InChI=1S/C16H19N5O2/c1-3-11-6-4-5-7-13(11)18-14(22)8-12-9-21-16(19-15(12)23)17-10(2)20-21/h4-7,12H,3,8-9H2,1-2H3,(H,18,22)(H,17,19,20,23)/t12-/m0/s1. The molecule has 0 saturated heterocycles. The van der Waals surface area contributed by atoms with Gasteiger partial charge in [-0.3, -0.25) is 14.9 Å². The number of anilines is 2. The number of amides is 2. The zero-order chi connectivity index (χ0) is 16.4. The van der Waals surface area contributed by atoms with Gasteiger partial charge in [-0.15, -0.1) is 0 Å². The van der Waals surface area contributed by atoms with Crippen LogP contribution in [0.5, 0.6) is 0 Å². The highest BCUT2D eigenvalue weighted by Gasteiger charge is 2.30. The second-order valence-corrected chi connectivity index (χ2v) is 5.61. The van der Waals surface area contributed by atoms with Crippen LogP contribution in [-0.4, -0.2) is 26.6 Å². The first-order valence-electron chi connectivity index (χ1n) is 7.67. The fourth-order valence-electron chi connectivity index (χ4n) is 2.71. The molecule has 0 spiro atoms. The number of carbonyl (C=O) groups is 2. The minimum Gasteiger partial charge on any atom is -0.326 e. The number of aromatic nitrogens is 3. The van der Waals surface area contributed by atoms with Gasteiger partial charge < -0.3 is 5.32 Å². The number of para-hydroxylation sites is 1. The molecule has 23 heavy (non-hydrogen) atoms. The Morgan fingerprint density at radius 3 is 3.00 bits per heavy atom. The molecule has 7 heteroatoms. The van der Waals surface area contributed by atoms with E-state index < -0.39 is 5.92 Å². The van der Waals surface area contributed by atoms with Crippen LogP contribution in [0.3, 0.4) is 0 Å². The lowest BCUT2D eigenvalue weighted by Crippen LogP contribution is -2.36. The molecule has 1 aromatic heterocycles. The summed E-state index contributed by atoms with van der Waals surface area (Å²) in [4.78, 5) is 28.5. The number of fused-ring (bicyclic) bond motifs is 1. The maximum atomic E-state index is 12.3. The molecule has 2 amide bonds. The molecular weight excluding hydrogens is 294 g/mol. The summed E-state index contributed by atoms with van der Waals surface area (Å²) in [6, 6.07) is 7.67. The van der Waals surface area contributed by atoms with Crippen LogP contribution in [0.4, 0.5) is 11.6 Å².